The first-order valence-electron chi connectivity index (χ1n) is 8.15. The molecular weight excluding hydrogens is 425 g/mol. The van der Waals surface area contributed by atoms with Gasteiger partial charge in [0, 0.05) is 24.0 Å². The minimum atomic E-state index is -4.73. The largest absolute Gasteiger partial charge is 0.441 e. The number of benzene rings is 1. The van der Waals surface area contributed by atoms with Crippen LogP contribution in [0, 0.1) is 15.5 Å². The number of thioether (sulfide) groups is 1. The van der Waals surface area contributed by atoms with E-state index in [-0.39, 0.29) is 28.2 Å². The third-order valence-corrected chi connectivity index (χ3v) is 5.04. The third kappa shape index (κ3) is 3.39. The first-order valence-corrected chi connectivity index (χ1v) is 8.96. The maximum Gasteiger partial charge on any atom is 0.441 e. The van der Waals surface area contributed by atoms with Crippen LogP contribution in [0.5, 0.6) is 0 Å². The van der Waals surface area contributed by atoms with Crippen LogP contribution in [-0.2, 0) is 4.79 Å². The molecule has 0 spiro atoms. The van der Waals surface area contributed by atoms with Gasteiger partial charge in [-0.25, -0.2) is 0 Å². The highest BCUT2D eigenvalue weighted by Gasteiger charge is 2.46. The Kier molecular flexibility index (Phi) is 4.53. The number of nitrogens with one attached hydrogen (secondary N) is 1. The van der Waals surface area contributed by atoms with Crippen molar-refractivity contribution in [3.63, 3.8) is 0 Å². The van der Waals surface area contributed by atoms with Crippen LogP contribution in [0.25, 0.3) is 11.8 Å². The number of hydrazone groups is 1. The Morgan fingerprint density at radius 3 is 2.70 bits per heavy atom. The lowest BCUT2D eigenvalue weighted by molar-refractivity contribution is -0.384. The van der Waals surface area contributed by atoms with Gasteiger partial charge in [-0.1, -0.05) is 6.07 Å². The molecule has 4 rings (SSSR count). The quantitative estimate of drug-likeness (QED) is 0.450. The summed E-state index contributed by atoms with van der Waals surface area (Å²) in [4.78, 5) is 26.4. The normalized spacial score (nSPS) is 17.8. The van der Waals surface area contributed by atoms with Crippen molar-refractivity contribution >= 4 is 45.5 Å². The average Bonchev–Trinajstić information content (AvgIpc) is 3.32. The van der Waals surface area contributed by atoms with Crippen LogP contribution in [0.4, 0.5) is 18.9 Å². The summed E-state index contributed by atoms with van der Waals surface area (Å²) >= 11 is 0.166. The van der Waals surface area contributed by atoms with E-state index >= 15 is 0 Å². The molecule has 1 aromatic carbocycles. The second kappa shape index (κ2) is 6.95. The van der Waals surface area contributed by atoms with Gasteiger partial charge in [0.1, 0.15) is 0 Å². The highest BCUT2D eigenvalue weighted by atomic mass is 32.2. The molecule has 152 valence electrons. The van der Waals surface area contributed by atoms with Gasteiger partial charge in [-0.05, 0) is 36.0 Å². The predicted octanol–water partition coefficient (Wildman–Crippen LogP) is 3.57. The number of hydrogen-bond acceptors (Lipinski definition) is 6. The van der Waals surface area contributed by atoms with E-state index in [4.69, 9.17) is 5.41 Å². The number of nitrogens with zero attached hydrogens (tertiary/aromatic N) is 5. The molecule has 9 nitrogen and oxygen atoms in total. The van der Waals surface area contributed by atoms with E-state index in [2.05, 4.69) is 10.1 Å². The highest BCUT2D eigenvalue weighted by Crippen LogP contribution is 2.35. The molecule has 1 aromatic heterocycles. The summed E-state index contributed by atoms with van der Waals surface area (Å²) in [6.07, 6.45) is -1.87. The number of aromatic nitrogens is 1. The molecule has 0 saturated heterocycles. The van der Waals surface area contributed by atoms with Gasteiger partial charge in [0.25, 0.3) is 11.6 Å². The maximum absolute atomic E-state index is 12.9. The van der Waals surface area contributed by atoms with Crippen LogP contribution in [-0.4, -0.2) is 42.6 Å². The smallest absolute Gasteiger partial charge is 0.317 e. The van der Waals surface area contributed by atoms with Crippen LogP contribution < -0.4 is 0 Å². The van der Waals surface area contributed by atoms with Gasteiger partial charge in [-0.3, -0.25) is 20.3 Å². The zero-order valence-electron chi connectivity index (χ0n) is 14.6. The van der Waals surface area contributed by atoms with Crippen molar-refractivity contribution in [3.8, 4) is 5.69 Å². The number of carbonyl (C=O) groups is 1. The van der Waals surface area contributed by atoms with E-state index in [0.29, 0.717) is 16.4 Å². The number of carbonyl (C=O) groups excluding carboxylic acids is 1. The molecule has 2 aromatic rings. The van der Waals surface area contributed by atoms with E-state index in [9.17, 15) is 28.1 Å². The van der Waals surface area contributed by atoms with E-state index < -0.39 is 27.9 Å². The van der Waals surface area contributed by atoms with Crippen molar-refractivity contribution in [3.05, 3.63) is 64.0 Å². The summed E-state index contributed by atoms with van der Waals surface area (Å²) in [7, 11) is 0. The van der Waals surface area contributed by atoms with Gasteiger partial charge >= 0.3 is 6.18 Å². The van der Waals surface area contributed by atoms with Crippen LogP contribution in [0.1, 0.15) is 5.69 Å². The highest BCUT2D eigenvalue weighted by molar-refractivity contribution is 8.27. The Bertz CT molecular complexity index is 1200. The Labute approximate surface area is 169 Å². The molecule has 0 bridgehead atoms. The monoisotopic (exact) mass is 434 g/mol. The number of halogens is 3. The van der Waals surface area contributed by atoms with Crippen molar-refractivity contribution in [2.75, 3.05) is 0 Å². The fourth-order valence-electron chi connectivity index (χ4n) is 2.76. The van der Waals surface area contributed by atoms with Gasteiger partial charge in [0.2, 0.25) is 10.2 Å². The third-order valence-electron chi connectivity index (χ3n) is 4.09. The van der Waals surface area contributed by atoms with Gasteiger partial charge < -0.3 is 4.57 Å². The number of nitro benzene ring substituents is 1. The number of hydrogen-bond donors (Lipinski definition) is 1. The second-order valence-electron chi connectivity index (χ2n) is 6.00. The van der Waals surface area contributed by atoms with E-state index in [1.54, 1.807) is 24.4 Å². The summed E-state index contributed by atoms with van der Waals surface area (Å²) < 4.78 is 40.2. The van der Waals surface area contributed by atoms with Crippen LogP contribution in [0.3, 0.4) is 0 Å². The molecule has 0 radical (unpaired) electrons. The molecule has 30 heavy (non-hydrogen) atoms. The minimum absolute atomic E-state index is 0.140. The van der Waals surface area contributed by atoms with Crippen molar-refractivity contribution < 1.29 is 22.9 Å². The molecule has 1 amide bonds. The molecule has 3 heterocycles. The Morgan fingerprint density at radius 1 is 1.23 bits per heavy atom. The van der Waals surface area contributed by atoms with Crippen LogP contribution in [0.15, 0.2) is 58.3 Å². The number of amides is 1. The summed E-state index contributed by atoms with van der Waals surface area (Å²) in [5, 5.41) is 21.6. The van der Waals surface area contributed by atoms with Gasteiger partial charge in [-0.15, -0.1) is 0 Å². The summed E-state index contributed by atoms with van der Waals surface area (Å²) in [5.41, 5.74) is 0.388. The minimum Gasteiger partial charge on any atom is -0.317 e. The zero-order chi connectivity index (χ0) is 21.6. The Balaban J connectivity index is 1.73. The lowest BCUT2D eigenvalue weighted by Gasteiger charge is -2.20. The van der Waals surface area contributed by atoms with Crippen LogP contribution >= 0.6 is 11.8 Å². The summed E-state index contributed by atoms with van der Waals surface area (Å²) in [6.45, 7) is 0. The number of amidine groups is 2. The second-order valence-corrected chi connectivity index (χ2v) is 6.96. The Morgan fingerprint density at radius 2 is 2.00 bits per heavy atom. The molecule has 13 heteroatoms. The van der Waals surface area contributed by atoms with Gasteiger partial charge in [-0.2, -0.15) is 28.3 Å². The average molecular weight is 434 g/mol. The van der Waals surface area contributed by atoms with E-state index in [1.807, 2.05) is 0 Å². The number of nitro groups is 1. The molecule has 0 unspecified atom stereocenters. The topological polar surface area (TPSA) is 117 Å². The number of alkyl halides is 3. The number of rotatable bonds is 3. The van der Waals surface area contributed by atoms with E-state index in [1.165, 1.54) is 28.8 Å². The molecular formula is C17H9F3N6O3S. The predicted molar refractivity (Wildman–Crippen MR) is 103 cm³/mol. The lowest BCUT2D eigenvalue weighted by atomic mass is 10.1. The van der Waals surface area contributed by atoms with Crippen molar-refractivity contribution in [1.29, 1.82) is 5.41 Å². The van der Waals surface area contributed by atoms with Gasteiger partial charge in [0.05, 0.1) is 16.2 Å². The molecule has 1 N–H and O–H groups in total. The first-order chi connectivity index (χ1) is 14.1. The molecule has 2 aliphatic heterocycles. The van der Waals surface area contributed by atoms with Crippen molar-refractivity contribution in [2.24, 2.45) is 10.1 Å². The molecule has 0 saturated carbocycles. The summed E-state index contributed by atoms with van der Waals surface area (Å²) in [5.74, 6) is -1.44. The SMILES string of the molecule is N=C1/C(=C\c2cccn2-c2cccc([N+](=O)[O-])c2)C(=O)N=C2SC(C(F)(F)F)=NN12. The summed E-state index contributed by atoms with van der Waals surface area (Å²) in [6, 6.07) is 8.93. The standard InChI is InChI=1S/C17H9F3N6O3S/c18-17(19,20)15-23-25-13(21)12(14(27)22-16(25)30-15)8-10-5-2-6-24(10)9-3-1-4-11(7-9)26(28)29/h1-8,21H/b12-8+,21-13?. The zero-order valence-corrected chi connectivity index (χ0v) is 15.4. The van der Waals surface area contributed by atoms with Gasteiger partial charge in [0.15, 0.2) is 5.84 Å². The molecule has 0 atom stereocenters. The molecule has 0 fully saturated rings. The van der Waals surface area contributed by atoms with Crippen molar-refractivity contribution in [2.45, 2.75) is 6.18 Å². The number of non-ortho nitro benzene ring substituents is 1. The number of aliphatic imine (C=N–C) groups is 1. The Hall–Kier alpha value is -3.74. The lowest BCUT2D eigenvalue weighted by Crippen LogP contribution is -2.35. The molecule has 0 aliphatic carbocycles. The maximum atomic E-state index is 12.9. The fraction of sp³-hybridized carbons (Fsp3) is 0.0588. The first kappa shape index (κ1) is 19.6. The number of fused-ring (bicyclic) bond motifs is 1. The van der Waals surface area contributed by atoms with Crippen molar-refractivity contribution in [1.82, 2.24) is 9.58 Å². The fourth-order valence-corrected chi connectivity index (χ4v) is 3.52. The van der Waals surface area contributed by atoms with E-state index in [0.717, 1.165) is 0 Å². The molecule has 2 aliphatic rings. The van der Waals surface area contributed by atoms with Crippen LogP contribution in [0.2, 0.25) is 0 Å².